The third-order valence-corrected chi connectivity index (χ3v) is 3.69. The molecule has 1 aliphatic rings. The first-order valence-electron chi connectivity index (χ1n) is 7.18. The number of fused-ring (bicyclic) bond motifs is 1. The summed E-state index contributed by atoms with van der Waals surface area (Å²) in [6.07, 6.45) is -0.181. The molecular weight excluding hydrogens is 296 g/mol. The maximum atomic E-state index is 12.2. The summed E-state index contributed by atoms with van der Waals surface area (Å²) in [4.78, 5) is 12.2. The van der Waals surface area contributed by atoms with E-state index in [0.29, 0.717) is 35.0 Å². The lowest BCUT2D eigenvalue weighted by Crippen LogP contribution is -2.38. The summed E-state index contributed by atoms with van der Waals surface area (Å²) in [6, 6.07) is 10.7. The van der Waals surface area contributed by atoms with Crippen LogP contribution in [0.4, 0.5) is 11.4 Å². The van der Waals surface area contributed by atoms with Gasteiger partial charge in [-0.3, -0.25) is 4.79 Å². The van der Waals surface area contributed by atoms with Crippen molar-refractivity contribution >= 4 is 17.3 Å². The van der Waals surface area contributed by atoms with Gasteiger partial charge in [-0.1, -0.05) is 6.07 Å². The molecule has 6 heteroatoms. The van der Waals surface area contributed by atoms with Gasteiger partial charge in [0.1, 0.15) is 5.75 Å². The number of amides is 1. The molecule has 23 heavy (non-hydrogen) atoms. The molecular formula is C17H18N2O4. The maximum absolute atomic E-state index is 12.2. The molecule has 1 unspecified atom stereocenters. The Balaban J connectivity index is 1.81. The van der Waals surface area contributed by atoms with Crippen LogP contribution in [0.5, 0.6) is 17.2 Å². The van der Waals surface area contributed by atoms with E-state index in [2.05, 4.69) is 5.32 Å². The van der Waals surface area contributed by atoms with Crippen LogP contribution in [0.3, 0.4) is 0 Å². The number of carbonyl (C=O) groups excluding carboxylic acids is 1. The van der Waals surface area contributed by atoms with Crippen molar-refractivity contribution < 1.29 is 19.0 Å². The van der Waals surface area contributed by atoms with E-state index in [1.807, 2.05) is 18.2 Å². The molecule has 3 N–H and O–H groups in total. The molecule has 0 bridgehead atoms. The molecule has 2 aromatic carbocycles. The second kappa shape index (κ2) is 6.08. The van der Waals surface area contributed by atoms with E-state index >= 15 is 0 Å². The fraction of sp³-hybridized carbons (Fsp3) is 0.235. The number of nitrogens with two attached hydrogens (primary N) is 1. The zero-order valence-electron chi connectivity index (χ0n) is 13.0. The van der Waals surface area contributed by atoms with E-state index in [1.165, 1.54) is 0 Å². The number of nitrogens with one attached hydrogen (secondary N) is 1. The number of hydrogen-bond donors (Lipinski definition) is 2. The Morgan fingerprint density at radius 2 is 1.91 bits per heavy atom. The number of hydrogen-bond acceptors (Lipinski definition) is 5. The fourth-order valence-corrected chi connectivity index (χ4v) is 2.52. The van der Waals surface area contributed by atoms with Gasteiger partial charge in [0.25, 0.3) is 5.91 Å². The van der Waals surface area contributed by atoms with Crippen molar-refractivity contribution in [3.63, 3.8) is 0 Å². The van der Waals surface area contributed by atoms with Gasteiger partial charge in [-0.05, 0) is 35.9 Å². The Kier molecular flexibility index (Phi) is 3.97. The van der Waals surface area contributed by atoms with Crippen molar-refractivity contribution in [1.82, 2.24) is 0 Å². The summed E-state index contributed by atoms with van der Waals surface area (Å²) >= 11 is 0. The molecule has 0 saturated heterocycles. The molecule has 6 nitrogen and oxygen atoms in total. The summed E-state index contributed by atoms with van der Waals surface area (Å²) in [7, 11) is 3.16. The average Bonchev–Trinajstić information content (AvgIpc) is 2.55. The predicted molar refractivity (Wildman–Crippen MR) is 87.2 cm³/mol. The molecule has 0 aliphatic carbocycles. The predicted octanol–water partition coefficient (Wildman–Crippen LogP) is 2.23. The quantitative estimate of drug-likeness (QED) is 0.846. The molecule has 2 aromatic rings. The summed E-state index contributed by atoms with van der Waals surface area (Å²) in [5, 5.41) is 2.82. The van der Waals surface area contributed by atoms with Gasteiger partial charge in [-0.15, -0.1) is 0 Å². The molecule has 1 atom stereocenters. The van der Waals surface area contributed by atoms with E-state index < -0.39 is 6.10 Å². The summed E-state index contributed by atoms with van der Waals surface area (Å²) in [5.41, 5.74) is 7.80. The Labute approximate surface area is 134 Å². The number of anilines is 2. The molecule has 120 valence electrons. The largest absolute Gasteiger partial charge is 0.493 e. The van der Waals surface area contributed by atoms with Crippen LogP contribution in [0.2, 0.25) is 0 Å². The van der Waals surface area contributed by atoms with E-state index in [9.17, 15) is 4.79 Å². The highest BCUT2D eigenvalue weighted by Crippen LogP contribution is 2.33. The van der Waals surface area contributed by atoms with Crippen LogP contribution in [0.25, 0.3) is 0 Å². The Hall–Kier alpha value is -2.89. The van der Waals surface area contributed by atoms with Gasteiger partial charge in [-0.25, -0.2) is 0 Å². The van der Waals surface area contributed by atoms with Crippen LogP contribution in [0, 0.1) is 0 Å². The average molecular weight is 314 g/mol. The van der Waals surface area contributed by atoms with Crippen LogP contribution < -0.4 is 25.3 Å². The minimum absolute atomic E-state index is 0.196. The van der Waals surface area contributed by atoms with Crippen LogP contribution in [0.1, 0.15) is 5.56 Å². The van der Waals surface area contributed by atoms with Crippen LogP contribution in [-0.4, -0.2) is 26.2 Å². The molecule has 1 aliphatic heterocycles. The molecule has 0 aromatic heterocycles. The summed E-state index contributed by atoms with van der Waals surface area (Å²) in [5.74, 6) is 1.68. The SMILES string of the molecule is COc1ccc(CC2Oc3ccc(N)cc3NC2=O)cc1OC. The van der Waals surface area contributed by atoms with Crippen molar-refractivity contribution in [3.05, 3.63) is 42.0 Å². The van der Waals surface area contributed by atoms with Gasteiger partial charge in [0.15, 0.2) is 17.6 Å². The van der Waals surface area contributed by atoms with Crippen molar-refractivity contribution in [2.75, 3.05) is 25.3 Å². The maximum Gasteiger partial charge on any atom is 0.265 e. The highest BCUT2D eigenvalue weighted by molar-refractivity contribution is 5.98. The van der Waals surface area contributed by atoms with Gasteiger partial charge >= 0.3 is 0 Å². The third kappa shape index (κ3) is 3.01. The van der Waals surface area contributed by atoms with Crippen molar-refractivity contribution in [2.45, 2.75) is 12.5 Å². The molecule has 1 amide bonds. The van der Waals surface area contributed by atoms with Gasteiger partial charge in [0.2, 0.25) is 0 Å². The molecule has 3 rings (SSSR count). The number of methoxy groups -OCH3 is 2. The topological polar surface area (TPSA) is 82.8 Å². The lowest BCUT2D eigenvalue weighted by Gasteiger charge is -2.26. The Bertz CT molecular complexity index is 745. The molecule has 0 radical (unpaired) electrons. The molecule has 0 spiro atoms. The van der Waals surface area contributed by atoms with E-state index in [1.54, 1.807) is 32.4 Å². The normalized spacial score (nSPS) is 16.1. The molecule has 0 fully saturated rings. The fourth-order valence-electron chi connectivity index (χ4n) is 2.52. The van der Waals surface area contributed by atoms with E-state index in [4.69, 9.17) is 19.9 Å². The van der Waals surface area contributed by atoms with Gasteiger partial charge in [0.05, 0.1) is 19.9 Å². The second-order valence-corrected chi connectivity index (χ2v) is 5.24. The van der Waals surface area contributed by atoms with Crippen molar-refractivity contribution in [2.24, 2.45) is 0 Å². The Morgan fingerprint density at radius 3 is 2.65 bits per heavy atom. The van der Waals surface area contributed by atoms with E-state index in [-0.39, 0.29) is 5.91 Å². The number of carbonyl (C=O) groups is 1. The first kappa shape index (κ1) is 15.0. The summed E-state index contributed by atoms with van der Waals surface area (Å²) in [6.45, 7) is 0. The lowest BCUT2D eigenvalue weighted by atomic mass is 10.0. The van der Waals surface area contributed by atoms with Crippen LogP contribution in [-0.2, 0) is 11.2 Å². The first-order chi connectivity index (χ1) is 11.1. The number of nitrogen functional groups attached to an aromatic ring is 1. The van der Waals surface area contributed by atoms with Gasteiger partial charge < -0.3 is 25.3 Å². The minimum atomic E-state index is -0.607. The van der Waals surface area contributed by atoms with E-state index in [0.717, 1.165) is 5.56 Å². The van der Waals surface area contributed by atoms with Crippen molar-refractivity contribution in [1.29, 1.82) is 0 Å². The molecule has 0 saturated carbocycles. The molecule has 1 heterocycles. The summed E-state index contributed by atoms with van der Waals surface area (Å²) < 4.78 is 16.3. The van der Waals surface area contributed by atoms with Crippen LogP contribution in [0.15, 0.2) is 36.4 Å². The zero-order valence-corrected chi connectivity index (χ0v) is 13.0. The minimum Gasteiger partial charge on any atom is -0.493 e. The number of ether oxygens (including phenoxy) is 3. The zero-order chi connectivity index (χ0) is 16.4. The number of benzene rings is 2. The monoisotopic (exact) mass is 314 g/mol. The van der Waals surface area contributed by atoms with Crippen LogP contribution >= 0.6 is 0 Å². The smallest absolute Gasteiger partial charge is 0.265 e. The number of rotatable bonds is 4. The highest BCUT2D eigenvalue weighted by Gasteiger charge is 2.28. The Morgan fingerprint density at radius 1 is 1.13 bits per heavy atom. The van der Waals surface area contributed by atoms with Gasteiger partial charge in [0, 0.05) is 12.1 Å². The lowest BCUT2D eigenvalue weighted by molar-refractivity contribution is -0.123. The van der Waals surface area contributed by atoms with Gasteiger partial charge in [-0.2, -0.15) is 0 Å². The van der Waals surface area contributed by atoms with Crippen molar-refractivity contribution in [3.8, 4) is 17.2 Å². The third-order valence-electron chi connectivity index (χ3n) is 3.69. The standard InChI is InChI=1S/C17H18N2O4/c1-21-14-5-3-10(7-15(14)22-2)8-16-17(20)19-12-9-11(18)4-6-13(12)23-16/h3-7,9,16H,8,18H2,1-2H3,(H,19,20). The highest BCUT2D eigenvalue weighted by atomic mass is 16.5. The second-order valence-electron chi connectivity index (χ2n) is 5.24. The first-order valence-corrected chi connectivity index (χ1v) is 7.18.